The monoisotopic (exact) mass is 237 g/mol. The van der Waals surface area contributed by atoms with Crippen molar-refractivity contribution in [1.29, 1.82) is 0 Å². The Balaban J connectivity index is 2.45. The van der Waals surface area contributed by atoms with Crippen molar-refractivity contribution in [3.8, 4) is 10.4 Å². The highest BCUT2D eigenvalue weighted by Gasteiger charge is 2.07. The van der Waals surface area contributed by atoms with Crippen molar-refractivity contribution in [2.75, 3.05) is 0 Å². The molecule has 0 spiro atoms. The van der Waals surface area contributed by atoms with Gasteiger partial charge in [0.05, 0.1) is 0 Å². The molecule has 0 fully saturated rings. The first-order valence-corrected chi connectivity index (χ1v) is 6.01. The molecule has 0 saturated heterocycles. The predicted molar refractivity (Wildman–Crippen MR) is 67.4 cm³/mol. The molecule has 78 valence electrons. The van der Waals surface area contributed by atoms with Crippen molar-refractivity contribution in [1.82, 2.24) is 0 Å². The molecule has 3 heteroatoms. The third-order valence-corrected chi connectivity index (χ3v) is 3.90. The van der Waals surface area contributed by atoms with E-state index >= 15 is 0 Å². The average Bonchev–Trinajstić information content (AvgIpc) is 2.61. The molecule has 0 bridgehead atoms. The van der Waals surface area contributed by atoms with E-state index in [0.717, 1.165) is 5.02 Å². The summed E-state index contributed by atoms with van der Waals surface area (Å²) in [6.45, 7) is 2.72. The average molecular weight is 238 g/mol. The zero-order chi connectivity index (χ0) is 10.8. The number of hydrogen-bond acceptors (Lipinski definition) is 2. The van der Waals surface area contributed by atoms with Crippen molar-refractivity contribution >= 4 is 22.9 Å². The molecule has 0 saturated carbocycles. The van der Waals surface area contributed by atoms with E-state index in [0.29, 0.717) is 6.54 Å². The van der Waals surface area contributed by atoms with Gasteiger partial charge in [-0.25, -0.2) is 0 Å². The molecule has 0 radical (unpaired) electrons. The highest BCUT2D eigenvalue weighted by molar-refractivity contribution is 7.14. The van der Waals surface area contributed by atoms with Crippen LogP contribution in [-0.2, 0) is 6.54 Å². The van der Waals surface area contributed by atoms with Crippen molar-refractivity contribution in [3.63, 3.8) is 0 Å². The van der Waals surface area contributed by atoms with E-state index in [1.807, 2.05) is 24.3 Å². The Labute approximate surface area is 98.5 Å². The van der Waals surface area contributed by atoms with Crippen LogP contribution in [0.4, 0.5) is 0 Å². The Morgan fingerprint density at radius 2 is 1.93 bits per heavy atom. The van der Waals surface area contributed by atoms with Crippen LogP contribution in [0.25, 0.3) is 10.4 Å². The molecule has 1 nitrogen and oxygen atoms in total. The SMILES string of the molecule is Cc1c(CN)csc1-c1ccc(Cl)cc1. The summed E-state index contributed by atoms with van der Waals surface area (Å²) in [4.78, 5) is 1.28. The van der Waals surface area contributed by atoms with Crippen molar-refractivity contribution in [2.24, 2.45) is 5.73 Å². The standard InChI is InChI=1S/C12H12ClNS/c1-8-10(6-14)7-15-12(8)9-2-4-11(13)5-3-9/h2-5,7H,6,14H2,1H3. The quantitative estimate of drug-likeness (QED) is 0.844. The van der Waals surface area contributed by atoms with Gasteiger partial charge in [-0.15, -0.1) is 11.3 Å². The van der Waals surface area contributed by atoms with E-state index in [1.54, 1.807) is 11.3 Å². The van der Waals surface area contributed by atoms with Crippen molar-refractivity contribution in [3.05, 3.63) is 45.8 Å². The summed E-state index contributed by atoms with van der Waals surface area (Å²) in [5, 5.41) is 2.89. The van der Waals surface area contributed by atoms with Gasteiger partial charge >= 0.3 is 0 Å². The van der Waals surface area contributed by atoms with Gasteiger partial charge in [-0.1, -0.05) is 23.7 Å². The molecule has 1 aromatic carbocycles. The van der Waals surface area contributed by atoms with E-state index < -0.39 is 0 Å². The predicted octanol–water partition coefficient (Wildman–Crippen LogP) is 3.84. The minimum atomic E-state index is 0.607. The van der Waals surface area contributed by atoms with E-state index in [4.69, 9.17) is 17.3 Å². The van der Waals surface area contributed by atoms with Gasteiger partial charge in [0, 0.05) is 16.4 Å². The number of thiophene rings is 1. The summed E-state index contributed by atoms with van der Waals surface area (Å²) in [5.41, 5.74) is 9.37. The van der Waals surface area contributed by atoms with Crippen LogP contribution in [0.5, 0.6) is 0 Å². The third kappa shape index (κ3) is 2.07. The van der Waals surface area contributed by atoms with Crippen molar-refractivity contribution < 1.29 is 0 Å². The number of benzene rings is 1. The molecule has 0 atom stereocenters. The Morgan fingerprint density at radius 1 is 1.27 bits per heavy atom. The summed E-state index contributed by atoms with van der Waals surface area (Å²) < 4.78 is 0. The van der Waals surface area contributed by atoms with Crippen LogP contribution in [0.15, 0.2) is 29.6 Å². The van der Waals surface area contributed by atoms with Gasteiger partial charge in [0.1, 0.15) is 0 Å². The largest absolute Gasteiger partial charge is 0.326 e. The van der Waals surface area contributed by atoms with Gasteiger partial charge in [0.2, 0.25) is 0 Å². The number of hydrogen-bond donors (Lipinski definition) is 1. The second-order valence-corrected chi connectivity index (χ2v) is 4.74. The third-order valence-electron chi connectivity index (χ3n) is 2.47. The molecular formula is C12H12ClNS. The Morgan fingerprint density at radius 3 is 2.47 bits per heavy atom. The summed E-state index contributed by atoms with van der Waals surface area (Å²) in [7, 11) is 0. The maximum atomic E-state index is 5.85. The van der Waals surface area contributed by atoms with Gasteiger partial charge in [-0.3, -0.25) is 0 Å². The molecule has 0 aliphatic rings. The minimum absolute atomic E-state index is 0.607. The van der Waals surface area contributed by atoms with Crippen LogP contribution >= 0.6 is 22.9 Å². The molecule has 1 heterocycles. The van der Waals surface area contributed by atoms with E-state index in [9.17, 15) is 0 Å². The summed E-state index contributed by atoms with van der Waals surface area (Å²) >= 11 is 7.59. The lowest BCUT2D eigenvalue weighted by molar-refractivity contribution is 1.06. The van der Waals surface area contributed by atoms with Gasteiger partial charge in [0.25, 0.3) is 0 Å². The molecule has 1 aromatic heterocycles. The summed E-state index contributed by atoms with van der Waals surface area (Å²) in [5.74, 6) is 0. The minimum Gasteiger partial charge on any atom is -0.326 e. The summed E-state index contributed by atoms with van der Waals surface area (Å²) in [6, 6.07) is 7.92. The van der Waals surface area contributed by atoms with E-state index in [-0.39, 0.29) is 0 Å². The zero-order valence-electron chi connectivity index (χ0n) is 8.46. The van der Waals surface area contributed by atoms with E-state index in [2.05, 4.69) is 12.3 Å². The normalized spacial score (nSPS) is 10.6. The smallest absolute Gasteiger partial charge is 0.0406 e. The van der Waals surface area contributed by atoms with Crippen LogP contribution in [0.1, 0.15) is 11.1 Å². The molecule has 2 N–H and O–H groups in total. The fourth-order valence-corrected chi connectivity index (χ4v) is 2.78. The highest BCUT2D eigenvalue weighted by Crippen LogP contribution is 2.32. The second kappa shape index (κ2) is 4.35. The molecule has 0 unspecified atom stereocenters. The van der Waals surface area contributed by atoms with Crippen LogP contribution in [0.2, 0.25) is 5.02 Å². The lowest BCUT2D eigenvalue weighted by Crippen LogP contribution is -1.95. The number of rotatable bonds is 2. The van der Waals surface area contributed by atoms with Crippen molar-refractivity contribution in [2.45, 2.75) is 13.5 Å². The van der Waals surface area contributed by atoms with Gasteiger partial charge in [0.15, 0.2) is 0 Å². The number of nitrogens with two attached hydrogens (primary N) is 1. The summed E-state index contributed by atoms with van der Waals surface area (Å²) in [6.07, 6.45) is 0. The molecule has 2 rings (SSSR count). The lowest BCUT2D eigenvalue weighted by atomic mass is 10.1. The zero-order valence-corrected chi connectivity index (χ0v) is 10.0. The molecule has 0 aliphatic carbocycles. The Bertz CT molecular complexity index is 459. The van der Waals surface area contributed by atoms with Crippen LogP contribution < -0.4 is 5.73 Å². The first-order chi connectivity index (χ1) is 7.22. The maximum Gasteiger partial charge on any atom is 0.0406 e. The Hall–Kier alpha value is -0.830. The lowest BCUT2D eigenvalue weighted by Gasteiger charge is -2.01. The van der Waals surface area contributed by atoms with Crippen LogP contribution in [0.3, 0.4) is 0 Å². The highest BCUT2D eigenvalue weighted by atomic mass is 35.5. The first kappa shape index (κ1) is 10.7. The molecule has 15 heavy (non-hydrogen) atoms. The van der Waals surface area contributed by atoms with E-state index in [1.165, 1.54) is 21.6 Å². The van der Waals surface area contributed by atoms with Crippen LogP contribution in [-0.4, -0.2) is 0 Å². The van der Waals surface area contributed by atoms with Gasteiger partial charge in [-0.2, -0.15) is 0 Å². The molecule has 0 aliphatic heterocycles. The first-order valence-electron chi connectivity index (χ1n) is 4.75. The van der Waals surface area contributed by atoms with Gasteiger partial charge < -0.3 is 5.73 Å². The molecule has 2 aromatic rings. The second-order valence-electron chi connectivity index (χ2n) is 3.43. The topological polar surface area (TPSA) is 26.0 Å². The Kier molecular flexibility index (Phi) is 3.10. The van der Waals surface area contributed by atoms with Gasteiger partial charge in [-0.05, 0) is 41.1 Å². The van der Waals surface area contributed by atoms with Crippen LogP contribution in [0, 0.1) is 6.92 Å². The molecular weight excluding hydrogens is 226 g/mol. The fraction of sp³-hybridized carbons (Fsp3) is 0.167. The molecule has 0 amide bonds. The fourth-order valence-electron chi connectivity index (χ4n) is 1.54. The number of halogens is 1. The maximum absolute atomic E-state index is 5.85.